The van der Waals surface area contributed by atoms with Gasteiger partial charge in [0.1, 0.15) is 0 Å². The van der Waals surface area contributed by atoms with Crippen molar-refractivity contribution in [1.29, 1.82) is 0 Å². The summed E-state index contributed by atoms with van der Waals surface area (Å²) in [6, 6.07) is 1.82. The zero-order valence-electron chi connectivity index (χ0n) is 7.26. The van der Waals surface area contributed by atoms with Crippen LogP contribution < -0.4 is 5.73 Å². The Bertz CT molecular complexity index is 366. The van der Waals surface area contributed by atoms with E-state index in [0.717, 1.165) is 12.1 Å². The molecule has 0 aliphatic rings. The summed E-state index contributed by atoms with van der Waals surface area (Å²) >= 11 is 0. The van der Waals surface area contributed by atoms with E-state index in [-0.39, 0.29) is 18.5 Å². The molecule has 0 bridgehead atoms. The third kappa shape index (κ3) is 1.88. The van der Waals surface area contributed by atoms with Crippen LogP contribution in [0, 0.1) is 11.6 Å². The molecule has 0 fully saturated rings. The van der Waals surface area contributed by atoms with Gasteiger partial charge in [-0.2, -0.15) is 4.39 Å². The Morgan fingerprint density at radius 3 is 2.64 bits per heavy atom. The summed E-state index contributed by atoms with van der Waals surface area (Å²) in [7, 11) is 0. The van der Waals surface area contributed by atoms with Crippen LogP contribution >= 0.6 is 0 Å². The van der Waals surface area contributed by atoms with Crippen LogP contribution in [0.4, 0.5) is 8.78 Å². The number of rotatable bonds is 3. The normalized spacial score (nSPS) is 10.2. The number of halogens is 2. The number of phenolic OH excluding ortho intramolecular Hbond substituents is 1. The highest BCUT2D eigenvalue weighted by Gasteiger charge is 2.16. The largest absolute Gasteiger partial charge is 0.504 e. The number of phenols is 1. The summed E-state index contributed by atoms with van der Waals surface area (Å²) in [4.78, 5) is 11.2. The molecule has 0 aliphatic carbocycles. The number of ketones is 1. The number of nitrogens with two attached hydrogens (primary N) is 1. The van der Waals surface area contributed by atoms with Crippen molar-refractivity contribution in [3.8, 4) is 5.75 Å². The third-order valence-corrected chi connectivity index (χ3v) is 1.74. The smallest absolute Gasteiger partial charge is 0.201 e. The van der Waals surface area contributed by atoms with Crippen molar-refractivity contribution in [3.05, 3.63) is 29.3 Å². The van der Waals surface area contributed by atoms with Crippen LogP contribution in [-0.2, 0) is 0 Å². The van der Waals surface area contributed by atoms with E-state index in [1.54, 1.807) is 0 Å². The summed E-state index contributed by atoms with van der Waals surface area (Å²) in [5.41, 5.74) is 4.87. The summed E-state index contributed by atoms with van der Waals surface area (Å²) < 4.78 is 25.3. The molecular formula is C9H9F2NO2. The van der Waals surface area contributed by atoms with E-state index in [2.05, 4.69) is 0 Å². The topological polar surface area (TPSA) is 63.3 Å². The van der Waals surface area contributed by atoms with Gasteiger partial charge in [0, 0.05) is 6.42 Å². The third-order valence-electron chi connectivity index (χ3n) is 1.74. The average molecular weight is 201 g/mol. The summed E-state index contributed by atoms with van der Waals surface area (Å²) in [5.74, 6) is -4.06. The number of hydrogen-bond acceptors (Lipinski definition) is 3. The first-order valence-electron chi connectivity index (χ1n) is 3.98. The van der Waals surface area contributed by atoms with Gasteiger partial charge in [0.15, 0.2) is 17.3 Å². The molecule has 1 aromatic carbocycles. The summed E-state index contributed by atoms with van der Waals surface area (Å²) in [6.45, 7) is 0.0945. The Kier molecular flexibility index (Phi) is 3.14. The van der Waals surface area contributed by atoms with Crippen molar-refractivity contribution < 1.29 is 18.7 Å². The molecule has 0 saturated carbocycles. The Morgan fingerprint density at radius 2 is 2.07 bits per heavy atom. The lowest BCUT2D eigenvalue weighted by molar-refractivity contribution is 0.0982. The van der Waals surface area contributed by atoms with Gasteiger partial charge in [0.05, 0.1) is 5.56 Å². The SMILES string of the molecule is NCCC(=O)c1ccc(F)c(F)c1O. The molecule has 3 nitrogen and oxygen atoms in total. The summed E-state index contributed by atoms with van der Waals surface area (Å²) in [6.07, 6.45) is -0.0152. The first kappa shape index (κ1) is 10.6. The minimum Gasteiger partial charge on any atom is -0.504 e. The van der Waals surface area contributed by atoms with Gasteiger partial charge in [-0.1, -0.05) is 0 Å². The molecule has 0 spiro atoms. The van der Waals surface area contributed by atoms with Gasteiger partial charge in [0.25, 0.3) is 0 Å². The van der Waals surface area contributed by atoms with Crippen LogP contribution in [0.25, 0.3) is 0 Å². The van der Waals surface area contributed by atoms with Crippen LogP contribution in [0.15, 0.2) is 12.1 Å². The van der Waals surface area contributed by atoms with Crippen LogP contribution in [0.2, 0.25) is 0 Å². The molecule has 1 rings (SSSR count). The molecular weight excluding hydrogens is 192 g/mol. The number of hydrogen-bond donors (Lipinski definition) is 2. The maximum absolute atomic E-state index is 12.8. The van der Waals surface area contributed by atoms with Crippen LogP contribution in [0.5, 0.6) is 5.75 Å². The standard InChI is InChI=1S/C9H9F2NO2/c10-6-2-1-5(7(13)3-4-12)9(14)8(6)11/h1-2,14H,3-4,12H2. The van der Waals surface area contributed by atoms with E-state index >= 15 is 0 Å². The van der Waals surface area contributed by atoms with Crippen LogP contribution in [0.3, 0.4) is 0 Å². The van der Waals surface area contributed by atoms with Crippen molar-refractivity contribution in [1.82, 2.24) is 0 Å². The monoisotopic (exact) mass is 201 g/mol. The molecule has 0 unspecified atom stereocenters. The second-order valence-corrected chi connectivity index (χ2v) is 2.72. The first-order chi connectivity index (χ1) is 6.57. The van der Waals surface area contributed by atoms with Crippen molar-refractivity contribution >= 4 is 5.78 Å². The van der Waals surface area contributed by atoms with Crippen molar-refractivity contribution in [2.75, 3.05) is 6.54 Å². The van der Waals surface area contributed by atoms with Gasteiger partial charge in [0.2, 0.25) is 5.82 Å². The molecule has 0 aliphatic heterocycles. The van der Waals surface area contributed by atoms with E-state index in [0.29, 0.717) is 0 Å². The summed E-state index contributed by atoms with van der Waals surface area (Å²) in [5, 5.41) is 9.10. The molecule has 0 saturated heterocycles. The fourth-order valence-electron chi connectivity index (χ4n) is 1.03. The van der Waals surface area contributed by atoms with E-state index in [4.69, 9.17) is 10.8 Å². The highest BCUT2D eigenvalue weighted by molar-refractivity contribution is 5.98. The Morgan fingerprint density at radius 1 is 1.43 bits per heavy atom. The zero-order chi connectivity index (χ0) is 10.7. The van der Waals surface area contributed by atoms with Gasteiger partial charge in [-0.15, -0.1) is 0 Å². The Balaban J connectivity index is 3.11. The quantitative estimate of drug-likeness (QED) is 0.722. The lowest BCUT2D eigenvalue weighted by Gasteiger charge is -2.03. The number of benzene rings is 1. The van der Waals surface area contributed by atoms with Crippen molar-refractivity contribution in [2.45, 2.75) is 6.42 Å². The predicted molar refractivity (Wildman–Crippen MR) is 46.0 cm³/mol. The highest BCUT2D eigenvalue weighted by Crippen LogP contribution is 2.24. The number of carbonyl (C=O) groups excluding carboxylic acids is 1. The molecule has 5 heteroatoms. The van der Waals surface area contributed by atoms with Gasteiger partial charge < -0.3 is 10.8 Å². The van der Waals surface area contributed by atoms with Gasteiger partial charge in [-0.25, -0.2) is 4.39 Å². The molecule has 14 heavy (non-hydrogen) atoms. The molecule has 0 amide bonds. The number of Topliss-reactive ketones (excluding diaryl/α,β-unsaturated/α-hetero) is 1. The fourth-order valence-corrected chi connectivity index (χ4v) is 1.03. The minimum absolute atomic E-state index is 0.0152. The Labute approximate surface area is 79.2 Å². The van der Waals surface area contributed by atoms with Crippen LogP contribution in [0.1, 0.15) is 16.8 Å². The molecule has 0 radical (unpaired) electrons. The second kappa shape index (κ2) is 4.15. The molecule has 0 atom stereocenters. The second-order valence-electron chi connectivity index (χ2n) is 2.72. The predicted octanol–water partition coefficient (Wildman–Crippen LogP) is 1.20. The van der Waals surface area contributed by atoms with E-state index in [9.17, 15) is 13.6 Å². The Hall–Kier alpha value is -1.49. The molecule has 1 aromatic rings. The fraction of sp³-hybridized carbons (Fsp3) is 0.222. The van der Waals surface area contributed by atoms with Crippen LogP contribution in [-0.4, -0.2) is 17.4 Å². The minimum atomic E-state index is -1.41. The lowest BCUT2D eigenvalue weighted by atomic mass is 10.1. The van der Waals surface area contributed by atoms with Crippen molar-refractivity contribution in [2.24, 2.45) is 5.73 Å². The molecule has 0 heterocycles. The number of carbonyl (C=O) groups is 1. The van der Waals surface area contributed by atoms with E-state index < -0.39 is 23.2 Å². The molecule has 3 N–H and O–H groups in total. The molecule has 76 valence electrons. The number of aromatic hydroxyl groups is 1. The highest BCUT2D eigenvalue weighted by atomic mass is 19.2. The first-order valence-corrected chi connectivity index (χ1v) is 3.98. The van der Waals surface area contributed by atoms with E-state index in [1.165, 1.54) is 0 Å². The average Bonchev–Trinajstić information content (AvgIpc) is 2.15. The van der Waals surface area contributed by atoms with Gasteiger partial charge in [-0.3, -0.25) is 4.79 Å². The molecule has 0 aromatic heterocycles. The maximum atomic E-state index is 12.8. The van der Waals surface area contributed by atoms with Gasteiger partial charge in [-0.05, 0) is 18.7 Å². The van der Waals surface area contributed by atoms with E-state index in [1.807, 2.05) is 0 Å². The van der Waals surface area contributed by atoms with Crippen molar-refractivity contribution in [3.63, 3.8) is 0 Å². The lowest BCUT2D eigenvalue weighted by Crippen LogP contribution is -2.09. The zero-order valence-corrected chi connectivity index (χ0v) is 7.26. The van der Waals surface area contributed by atoms with Gasteiger partial charge >= 0.3 is 0 Å². The maximum Gasteiger partial charge on any atom is 0.201 e.